The Morgan fingerprint density at radius 3 is 2.23 bits per heavy atom. The highest BCUT2D eigenvalue weighted by molar-refractivity contribution is 5.82. The van der Waals surface area contributed by atoms with E-state index in [0.29, 0.717) is 0 Å². The molecule has 0 aromatic rings. The van der Waals surface area contributed by atoms with Gasteiger partial charge in [0.25, 0.3) is 0 Å². The Bertz CT molecular complexity index is 226. The average Bonchev–Trinajstić information content (AvgIpc) is 2.02. The van der Waals surface area contributed by atoms with Gasteiger partial charge in [-0.1, -0.05) is 40.3 Å². The molecule has 0 fully saturated rings. The summed E-state index contributed by atoms with van der Waals surface area (Å²) >= 11 is 0. The maximum atomic E-state index is 4.36. The minimum atomic E-state index is 0.138. The fourth-order valence-corrected chi connectivity index (χ4v) is 0.824. The van der Waals surface area contributed by atoms with E-state index in [1.165, 1.54) is 5.57 Å². The second kappa shape index (κ2) is 5.00. The van der Waals surface area contributed by atoms with Gasteiger partial charge in [0, 0.05) is 11.9 Å². The van der Waals surface area contributed by atoms with Crippen LogP contribution >= 0.6 is 0 Å². The summed E-state index contributed by atoms with van der Waals surface area (Å²) in [5.41, 5.74) is 2.48. The Morgan fingerprint density at radius 1 is 1.38 bits per heavy atom. The molecule has 0 aromatic heterocycles. The smallest absolute Gasteiger partial charge is 0.0304 e. The summed E-state index contributed by atoms with van der Waals surface area (Å²) < 4.78 is 0. The second-order valence-corrected chi connectivity index (χ2v) is 4.26. The van der Waals surface area contributed by atoms with Crippen molar-refractivity contribution in [3.05, 3.63) is 24.4 Å². The number of hydrogen-bond acceptors (Lipinski definition) is 1. The van der Waals surface area contributed by atoms with Gasteiger partial charge >= 0.3 is 0 Å². The van der Waals surface area contributed by atoms with Crippen molar-refractivity contribution < 1.29 is 0 Å². The molecule has 1 heteroatoms. The molecule has 0 aliphatic heterocycles. The minimum absolute atomic E-state index is 0.138. The Balaban J connectivity index is 4.69. The number of rotatable bonds is 3. The van der Waals surface area contributed by atoms with Crippen molar-refractivity contribution in [3.63, 3.8) is 0 Å². The van der Waals surface area contributed by atoms with Crippen LogP contribution in [0, 0.1) is 5.41 Å². The van der Waals surface area contributed by atoms with Crippen LogP contribution in [0.3, 0.4) is 0 Å². The number of aliphatic imine (C=N–C) groups is 1. The van der Waals surface area contributed by atoms with E-state index in [0.717, 1.165) is 12.1 Å². The van der Waals surface area contributed by atoms with Crippen molar-refractivity contribution in [1.82, 2.24) is 0 Å². The van der Waals surface area contributed by atoms with Gasteiger partial charge in [-0.15, -0.1) is 0 Å². The monoisotopic (exact) mass is 179 g/mol. The second-order valence-electron chi connectivity index (χ2n) is 4.26. The van der Waals surface area contributed by atoms with E-state index in [-0.39, 0.29) is 5.41 Å². The molecule has 0 rings (SSSR count). The predicted octanol–water partition coefficient (Wildman–Crippen LogP) is 3.97. The van der Waals surface area contributed by atoms with Crippen molar-refractivity contribution in [2.24, 2.45) is 10.4 Å². The molecular formula is C12H21N. The third-order valence-electron chi connectivity index (χ3n) is 2.02. The van der Waals surface area contributed by atoms with Crippen LogP contribution in [0.5, 0.6) is 0 Å². The van der Waals surface area contributed by atoms with Crippen LogP contribution in [0.25, 0.3) is 0 Å². The zero-order chi connectivity index (χ0) is 10.5. The first-order valence-electron chi connectivity index (χ1n) is 4.78. The highest BCUT2D eigenvalue weighted by atomic mass is 14.7. The van der Waals surface area contributed by atoms with E-state index in [1.807, 2.05) is 19.2 Å². The van der Waals surface area contributed by atoms with Gasteiger partial charge in [-0.25, -0.2) is 0 Å². The van der Waals surface area contributed by atoms with Crippen LogP contribution in [-0.4, -0.2) is 5.71 Å². The van der Waals surface area contributed by atoms with Crippen LogP contribution in [0.4, 0.5) is 0 Å². The van der Waals surface area contributed by atoms with E-state index < -0.39 is 0 Å². The minimum Gasteiger partial charge on any atom is -0.266 e. The fourth-order valence-electron chi connectivity index (χ4n) is 0.824. The molecule has 0 atom stereocenters. The maximum Gasteiger partial charge on any atom is 0.0304 e. The molecular weight excluding hydrogens is 158 g/mol. The third-order valence-corrected chi connectivity index (χ3v) is 2.02. The first kappa shape index (κ1) is 12.2. The van der Waals surface area contributed by atoms with Crippen LogP contribution < -0.4 is 0 Å². The molecule has 0 saturated heterocycles. The Kier molecular flexibility index (Phi) is 4.68. The van der Waals surface area contributed by atoms with E-state index in [1.54, 1.807) is 0 Å². The molecule has 0 heterocycles. The summed E-state index contributed by atoms with van der Waals surface area (Å²) in [6, 6.07) is 0. The first-order chi connectivity index (χ1) is 5.91. The molecule has 0 bridgehead atoms. The fraction of sp³-hybridized carbons (Fsp3) is 0.583. The van der Waals surface area contributed by atoms with E-state index in [9.17, 15) is 0 Å². The Morgan fingerprint density at radius 2 is 1.92 bits per heavy atom. The van der Waals surface area contributed by atoms with Gasteiger partial charge in [0.15, 0.2) is 0 Å². The van der Waals surface area contributed by atoms with Gasteiger partial charge in [0.2, 0.25) is 0 Å². The van der Waals surface area contributed by atoms with E-state index in [4.69, 9.17) is 0 Å². The lowest BCUT2D eigenvalue weighted by Gasteiger charge is -2.18. The average molecular weight is 179 g/mol. The number of allylic oxidation sites excluding steroid dienone is 2. The highest BCUT2D eigenvalue weighted by Gasteiger charge is 2.13. The van der Waals surface area contributed by atoms with Crippen molar-refractivity contribution in [2.45, 2.75) is 41.0 Å². The van der Waals surface area contributed by atoms with Crippen LogP contribution in [0.1, 0.15) is 41.0 Å². The maximum absolute atomic E-state index is 4.36. The third kappa shape index (κ3) is 4.66. The molecule has 0 aromatic carbocycles. The standard InChI is InChI=1S/C12H21N/c1-7-10(3)13-9-11(8-2)12(4,5)6/h8-9H,2,7H2,1,3-6H3/b11-9+,13-10+. The van der Waals surface area contributed by atoms with Crippen molar-refractivity contribution in [2.75, 3.05) is 0 Å². The molecule has 0 aliphatic rings. The summed E-state index contributed by atoms with van der Waals surface area (Å²) in [6.45, 7) is 14.4. The summed E-state index contributed by atoms with van der Waals surface area (Å²) in [5.74, 6) is 0. The normalized spacial score (nSPS) is 14.5. The zero-order valence-corrected chi connectivity index (χ0v) is 9.52. The topological polar surface area (TPSA) is 12.4 Å². The lowest BCUT2D eigenvalue weighted by atomic mass is 9.87. The zero-order valence-electron chi connectivity index (χ0n) is 9.52. The van der Waals surface area contributed by atoms with Crippen molar-refractivity contribution >= 4 is 5.71 Å². The van der Waals surface area contributed by atoms with Crippen molar-refractivity contribution in [1.29, 1.82) is 0 Å². The largest absolute Gasteiger partial charge is 0.266 e. The first-order valence-corrected chi connectivity index (χ1v) is 4.78. The molecule has 0 unspecified atom stereocenters. The molecule has 0 radical (unpaired) electrons. The number of hydrogen-bond donors (Lipinski definition) is 0. The van der Waals surface area contributed by atoms with Gasteiger partial charge in [-0.05, 0) is 24.3 Å². The van der Waals surface area contributed by atoms with Gasteiger partial charge in [0.1, 0.15) is 0 Å². The summed E-state index contributed by atoms with van der Waals surface area (Å²) in [5, 5.41) is 0. The molecule has 74 valence electrons. The lowest BCUT2D eigenvalue weighted by molar-refractivity contribution is 0.516. The quantitative estimate of drug-likeness (QED) is 0.459. The van der Waals surface area contributed by atoms with Gasteiger partial charge in [-0.2, -0.15) is 0 Å². The highest BCUT2D eigenvalue weighted by Crippen LogP contribution is 2.25. The predicted molar refractivity (Wildman–Crippen MR) is 61.1 cm³/mol. The number of nitrogens with zero attached hydrogens (tertiary/aromatic N) is 1. The van der Waals surface area contributed by atoms with Crippen LogP contribution in [0.2, 0.25) is 0 Å². The van der Waals surface area contributed by atoms with Crippen molar-refractivity contribution in [3.8, 4) is 0 Å². The van der Waals surface area contributed by atoms with Gasteiger partial charge in [-0.3, -0.25) is 4.99 Å². The molecule has 0 amide bonds. The molecule has 0 aliphatic carbocycles. The van der Waals surface area contributed by atoms with E-state index in [2.05, 4.69) is 39.3 Å². The summed E-state index contributed by atoms with van der Waals surface area (Å²) in [6.07, 6.45) is 4.81. The molecule has 0 saturated carbocycles. The van der Waals surface area contributed by atoms with E-state index >= 15 is 0 Å². The molecule has 0 N–H and O–H groups in total. The summed E-state index contributed by atoms with van der Waals surface area (Å²) in [4.78, 5) is 4.36. The lowest BCUT2D eigenvalue weighted by Crippen LogP contribution is -2.07. The molecule has 0 spiro atoms. The molecule has 13 heavy (non-hydrogen) atoms. The summed E-state index contributed by atoms with van der Waals surface area (Å²) in [7, 11) is 0. The van der Waals surface area contributed by atoms with Crippen LogP contribution in [0.15, 0.2) is 29.4 Å². The van der Waals surface area contributed by atoms with Gasteiger partial charge in [0.05, 0.1) is 0 Å². The van der Waals surface area contributed by atoms with Gasteiger partial charge < -0.3 is 0 Å². The SMILES string of the molecule is C=C/C(=C\N=C(/C)CC)C(C)(C)C. The Hall–Kier alpha value is -0.850. The molecule has 1 nitrogen and oxygen atoms in total. The Labute approximate surface area is 82.3 Å². The van der Waals surface area contributed by atoms with Crippen LogP contribution in [-0.2, 0) is 0 Å².